The Labute approximate surface area is 161 Å². The first kappa shape index (κ1) is 19.6. The smallest absolute Gasteiger partial charge is 0.261 e. The maximum absolute atomic E-state index is 12.9. The number of halogens is 1. The van der Waals surface area contributed by atoms with Gasteiger partial charge in [-0.25, -0.2) is 12.8 Å². The molecule has 0 bridgehead atoms. The van der Waals surface area contributed by atoms with Gasteiger partial charge in [0.25, 0.3) is 10.0 Å². The molecule has 0 saturated heterocycles. The summed E-state index contributed by atoms with van der Waals surface area (Å²) < 4.78 is 44.9. The van der Waals surface area contributed by atoms with E-state index in [-0.39, 0.29) is 23.8 Å². The maximum atomic E-state index is 12.9. The summed E-state index contributed by atoms with van der Waals surface area (Å²) in [7, 11) is -3.82. The molecule has 0 aliphatic carbocycles. The molecular weight excluding hydrogens is 385 g/mol. The topological polar surface area (TPSA) is 101 Å². The first-order chi connectivity index (χ1) is 13.3. The summed E-state index contributed by atoms with van der Waals surface area (Å²) in [6.07, 6.45) is 0.141. The van der Waals surface area contributed by atoms with Crippen LogP contribution in [-0.2, 0) is 27.8 Å². The molecule has 0 unspecified atom stereocenters. The summed E-state index contributed by atoms with van der Waals surface area (Å²) in [5, 5.41) is 6.53. The fourth-order valence-corrected chi connectivity index (χ4v) is 3.52. The molecule has 0 saturated carbocycles. The van der Waals surface area contributed by atoms with Crippen molar-refractivity contribution in [2.45, 2.75) is 24.8 Å². The van der Waals surface area contributed by atoms with Crippen LogP contribution in [0.4, 0.5) is 10.1 Å². The lowest BCUT2D eigenvalue weighted by atomic mass is 10.1. The molecule has 28 heavy (non-hydrogen) atoms. The second-order valence-corrected chi connectivity index (χ2v) is 7.82. The van der Waals surface area contributed by atoms with Crippen LogP contribution in [0.15, 0.2) is 64.0 Å². The van der Waals surface area contributed by atoms with Gasteiger partial charge in [0, 0.05) is 11.8 Å². The highest BCUT2D eigenvalue weighted by molar-refractivity contribution is 7.92. The third-order valence-electron chi connectivity index (χ3n) is 3.84. The quantitative estimate of drug-likeness (QED) is 0.632. The van der Waals surface area contributed by atoms with Gasteiger partial charge < -0.3 is 9.84 Å². The number of amides is 1. The van der Waals surface area contributed by atoms with Crippen molar-refractivity contribution in [3.63, 3.8) is 0 Å². The summed E-state index contributed by atoms with van der Waals surface area (Å²) in [4.78, 5) is 12.0. The van der Waals surface area contributed by atoms with Gasteiger partial charge in [-0.2, -0.15) is 0 Å². The molecule has 1 aromatic heterocycles. The minimum atomic E-state index is -3.82. The standard InChI is InChI=1S/C19H18FN3O4S/c1-13-10-17(22-27-13)12-21-19(24)11-14-2-6-16(7-3-14)23-28(25,26)18-8-4-15(20)5-9-18/h2-10,23H,11-12H2,1H3,(H,21,24). The lowest BCUT2D eigenvalue weighted by Crippen LogP contribution is -2.24. The average Bonchev–Trinajstić information content (AvgIpc) is 3.07. The van der Waals surface area contributed by atoms with Gasteiger partial charge in [0.1, 0.15) is 17.3 Å². The Balaban J connectivity index is 1.57. The molecule has 0 atom stereocenters. The minimum Gasteiger partial charge on any atom is -0.361 e. The van der Waals surface area contributed by atoms with E-state index in [1.807, 2.05) is 0 Å². The number of aromatic nitrogens is 1. The second-order valence-electron chi connectivity index (χ2n) is 6.14. The third-order valence-corrected chi connectivity index (χ3v) is 5.24. The van der Waals surface area contributed by atoms with Crippen LogP contribution >= 0.6 is 0 Å². The fourth-order valence-electron chi connectivity index (χ4n) is 2.46. The first-order valence-corrected chi connectivity index (χ1v) is 9.86. The van der Waals surface area contributed by atoms with Gasteiger partial charge in [-0.15, -0.1) is 0 Å². The Morgan fingerprint density at radius 3 is 2.39 bits per heavy atom. The van der Waals surface area contributed by atoms with E-state index in [0.717, 1.165) is 17.7 Å². The molecule has 0 spiro atoms. The van der Waals surface area contributed by atoms with Crippen LogP contribution in [0, 0.1) is 12.7 Å². The van der Waals surface area contributed by atoms with Crippen molar-refractivity contribution in [1.82, 2.24) is 10.5 Å². The van der Waals surface area contributed by atoms with Crippen LogP contribution in [0.3, 0.4) is 0 Å². The molecule has 2 aromatic carbocycles. The number of benzene rings is 2. The highest BCUT2D eigenvalue weighted by atomic mass is 32.2. The maximum Gasteiger partial charge on any atom is 0.261 e. The van der Waals surface area contributed by atoms with E-state index in [2.05, 4.69) is 15.2 Å². The fraction of sp³-hybridized carbons (Fsp3) is 0.158. The van der Waals surface area contributed by atoms with E-state index < -0.39 is 15.8 Å². The Morgan fingerprint density at radius 1 is 1.11 bits per heavy atom. The summed E-state index contributed by atoms with van der Waals surface area (Å²) >= 11 is 0. The van der Waals surface area contributed by atoms with E-state index in [4.69, 9.17) is 4.52 Å². The summed E-state index contributed by atoms with van der Waals surface area (Å²) in [6, 6.07) is 12.7. The van der Waals surface area contributed by atoms with Crippen LogP contribution < -0.4 is 10.0 Å². The number of rotatable bonds is 7. The Kier molecular flexibility index (Phi) is 5.74. The van der Waals surface area contributed by atoms with Crippen molar-refractivity contribution in [3.8, 4) is 0 Å². The van der Waals surface area contributed by atoms with E-state index in [0.29, 0.717) is 17.1 Å². The molecule has 0 aliphatic rings. The largest absolute Gasteiger partial charge is 0.361 e. The molecule has 0 fully saturated rings. The van der Waals surface area contributed by atoms with Crippen molar-refractivity contribution in [3.05, 3.63) is 77.4 Å². The molecular formula is C19H18FN3O4S. The number of hydrogen-bond donors (Lipinski definition) is 2. The Hall–Kier alpha value is -3.20. The van der Waals surface area contributed by atoms with Gasteiger partial charge >= 0.3 is 0 Å². The lowest BCUT2D eigenvalue weighted by Gasteiger charge is -2.09. The van der Waals surface area contributed by atoms with Crippen molar-refractivity contribution in [2.75, 3.05) is 4.72 Å². The second kappa shape index (κ2) is 8.22. The number of nitrogens with zero attached hydrogens (tertiary/aromatic N) is 1. The van der Waals surface area contributed by atoms with Gasteiger partial charge in [-0.3, -0.25) is 9.52 Å². The molecule has 0 radical (unpaired) electrons. The SMILES string of the molecule is Cc1cc(CNC(=O)Cc2ccc(NS(=O)(=O)c3ccc(F)cc3)cc2)no1. The number of anilines is 1. The summed E-state index contributed by atoms with van der Waals surface area (Å²) in [6.45, 7) is 2.04. The monoisotopic (exact) mass is 403 g/mol. The molecule has 3 rings (SSSR count). The zero-order chi connectivity index (χ0) is 20.1. The summed E-state index contributed by atoms with van der Waals surface area (Å²) in [5.74, 6) is -0.0384. The number of sulfonamides is 1. The van der Waals surface area contributed by atoms with Crippen molar-refractivity contribution < 1.29 is 22.1 Å². The van der Waals surface area contributed by atoms with Gasteiger partial charge in [0.15, 0.2) is 0 Å². The van der Waals surface area contributed by atoms with Crippen molar-refractivity contribution >= 4 is 21.6 Å². The predicted molar refractivity (Wildman–Crippen MR) is 100 cm³/mol. The summed E-state index contributed by atoms with van der Waals surface area (Å²) in [5.41, 5.74) is 1.70. The van der Waals surface area contributed by atoms with Crippen LogP contribution in [-0.4, -0.2) is 19.5 Å². The molecule has 1 amide bonds. The molecule has 3 aromatic rings. The van der Waals surface area contributed by atoms with Gasteiger partial charge in [0.05, 0.1) is 17.9 Å². The molecule has 146 valence electrons. The van der Waals surface area contributed by atoms with Crippen LogP contribution in [0.1, 0.15) is 17.0 Å². The minimum absolute atomic E-state index is 0.0413. The molecule has 7 nitrogen and oxygen atoms in total. The Bertz CT molecular complexity index is 1060. The highest BCUT2D eigenvalue weighted by Gasteiger charge is 2.14. The first-order valence-electron chi connectivity index (χ1n) is 8.38. The predicted octanol–water partition coefficient (Wildman–Crippen LogP) is 2.78. The third kappa shape index (κ3) is 5.17. The number of hydrogen-bond acceptors (Lipinski definition) is 5. The number of aryl methyl sites for hydroxylation is 1. The van der Waals surface area contributed by atoms with E-state index >= 15 is 0 Å². The highest BCUT2D eigenvalue weighted by Crippen LogP contribution is 2.17. The van der Waals surface area contributed by atoms with E-state index in [1.54, 1.807) is 37.3 Å². The van der Waals surface area contributed by atoms with Crippen LogP contribution in [0.25, 0.3) is 0 Å². The van der Waals surface area contributed by atoms with E-state index in [1.165, 1.54) is 12.1 Å². The molecule has 1 heterocycles. The zero-order valence-electron chi connectivity index (χ0n) is 15.0. The Morgan fingerprint density at radius 2 is 1.79 bits per heavy atom. The van der Waals surface area contributed by atoms with Crippen LogP contribution in [0.5, 0.6) is 0 Å². The van der Waals surface area contributed by atoms with Crippen molar-refractivity contribution in [1.29, 1.82) is 0 Å². The van der Waals surface area contributed by atoms with Gasteiger partial charge in [0.2, 0.25) is 5.91 Å². The number of nitrogens with one attached hydrogen (secondary N) is 2. The van der Waals surface area contributed by atoms with Gasteiger partial charge in [-0.1, -0.05) is 17.3 Å². The van der Waals surface area contributed by atoms with E-state index in [9.17, 15) is 17.6 Å². The van der Waals surface area contributed by atoms with Crippen LogP contribution in [0.2, 0.25) is 0 Å². The number of carbonyl (C=O) groups excluding carboxylic acids is 1. The zero-order valence-corrected chi connectivity index (χ0v) is 15.8. The molecule has 9 heteroatoms. The normalized spacial score (nSPS) is 11.2. The molecule has 0 aliphatic heterocycles. The molecule has 2 N–H and O–H groups in total. The van der Waals surface area contributed by atoms with Gasteiger partial charge in [-0.05, 0) is 48.9 Å². The lowest BCUT2D eigenvalue weighted by molar-refractivity contribution is -0.120. The average molecular weight is 403 g/mol. The van der Waals surface area contributed by atoms with Crippen molar-refractivity contribution in [2.24, 2.45) is 0 Å². The number of carbonyl (C=O) groups is 1.